The molecule has 0 N–H and O–H groups in total. The summed E-state index contributed by atoms with van der Waals surface area (Å²) in [4.78, 5) is 5.02. The van der Waals surface area contributed by atoms with Crippen LogP contribution >= 0.6 is 0 Å². The maximum atomic E-state index is 8.85. The fraction of sp³-hybridized carbons (Fsp3) is 0.500. The molecule has 0 unspecified atom stereocenters. The van der Waals surface area contributed by atoms with Crippen molar-refractivity contribution in [2.75, 3.05) is 31.1 Å². The zero-order valence-electron chi connectivity index (χ0n) is 12.3. The first kappa shape index (κ1) is 14.0. The molecule has 3 nitrogen and oxygen atoms in total. The van der Waals surface area contributed by atoms with Crippen molar-refractivity contribution in [2.45, 2.75) is 25.3 Å². The normalized spacial score (nSPS) is 26.3. The van der Waals surface area contributed by atoms with E-state index in [2.05, 4.69) is 33.9 Å². The molecular formula is C18H21N3. The van der Waals surface area contributed by atoms with Crippen LogP contribution in [0.2, 0.25) is 0 Å². The van der Waals surface area contributed by atoms with Crippen molar-refractivity contribution in [2.24, 2.45) is 5.92 Å². The molecule has 3 heteroatoms. The fourth-order valence-corrected chi connectivity index (χ4v) is 3.53. The number of benzene rings is 1. The third-order valence-corrected chi connectivity index (χ3v) is 4.83. The van der Waals surface area contributed by atoms with Gasteiger partial charge in [-0.2, -0.15) is 5.26 Å². The van der Waals surface area contributed by atoms with Gasteiger partial charge in [0.15, 0.2) is 0 Å². The summed E-state index contributed by atoms with van der Waals surface area (Å²) < 4.78 is 0. The summed E-state index contributed by atoms with van der Waals surface area (Å²) in [5.41, 5.74) is 1.95. The van der Waals surface area contributed by atoms with E-state index in [1.807, 2.05) is 12.1 Å². The summed E-state index contributed by atoms with van der Waals surface area (Å²) in [7, 11) is 0. The summed E-state index contributed by atoms with van der Waals surface area (Å²) in [5.74, 6) is 3.41. The molecule has 108 valence electrons. The average molecular weight is 279 g/mol. The first-order valence-corrected chi connectivity index (χ1v) is 7.75. The van der Waals surface area contributed by atoms with E-state index in [-0.39, 0.29) is 0 Å². The number of terminal acetylenes is 1. The second kappa shape index (κ2) is 6.20. The second-order valence-electron chi connectivity index (χ2n) is 6.01. The van der Waals surface area contributed by atoms with Gasteiger partial charge in [0.25, 0.3) is 0 Å². The molecule has 1 aromatic carbocycles. The number of piperazine rings is 1. The fourth-order valence-electron chi connectivity index (χ4n) is 3.53. The number of anilines is 1. The second-order valence-corrected chi connectivity index (χ2v) is 6.01. The van der Waals surface area contributed by atoms with Gasteiger partial charge < -0.3 is 4.90 Å². The van der Waals surface area contributed by atoms with Crippen LogP contribution in [-0.4, -0.2) is 37.1 Å². The Morgan fingerprint density at radius 1 is 1.05 bits per heavy atom. The van der Waals surface area contributed by atoms with Gasteiger partial charge in [-0.3, -0.25) is 4.90 Å². The molecule has 1 aromatic rings. The Labute approximate surface area is 127 Å². The molecule has 2 atom stereocenters. The van der Waals surface area contributed by atoms with Gasteiger partial charge in [-0.15, -0.1) is 12.3 Å². The monoisotopic (exact) mass is 279 g/mol. The average Bonchev–Trinajstić information content (AvgIpc) is 3.04. The molecule has 1 aliphatic heterocycles. The zero-order chi connectivity index (χ0) is 14.7. The minimum absolute atomic E-state index is 0.492. The van der Waals surface area contributed by atoms with Crippen LogP contribution in [0.25, 0.3) is 0 Å². The van der Waals surface area contributed by atoms with E-state index in [0.29, 0.717) is 12.0 Å². The van der Waals surface area contributed by atoms with Crippen LogP contribution in [0.15, 0.2) is 24.3 Å². The highest BCUT2D eigenvalue weighted by Gasteiger charge is 2.30. The van der Waals surface area contributed by atoms with Crippen LogP contribution in [0, 0.1) is 29.6 Å². The molecule has 1 saturated heterocycles. The molecule has 2 fully saturated rings. The van der Waals surface area contributed by atoms with Gasteiger partial charge in [0.1, 0.15) is 0 Å². The molecule has 21 heavy (non-hydrogen) atoms. The molecule has 2 aliphatic rings. The summed E-state index contributed by atoms with van der Waals surface area (Å²) in [6.45, 7) is 4.34. The van der Waals surface area contributed by atoms with E-state index in [4.69, 9.17) is 11.7 Å². The van der Waals surface area contributed by atoms with E-state index >= 15 is 0 Å². The van der Waals surface area contributed by atoms with Crippen molar-refractivity contribution >= 4 is 5.69 Å². The van der Waals surface area contributed by atoms with Crippen molar-refractivity contribution < 1.29 is 0 Å². The van der Waals surface area contributed by atoms with Crippen LogP contribution < -0.4 is 4.90 Å². The summed E-state index contributed by atoms with van der Waals surface area (Å²) in [6.07, 6.45) is 9.17. The Morgan fingerprint density at radius 2 is 1.76 bits per heavy atom. The Morgan fingerprint density at radius 3 is 2.33 bits per heavy atom. The Balaban J connectivity index is 1.55. The van der Waals surface area contributed by atoms with E-state index in [1.165, 1.54) is 24.9 Å². The molecule has 0 radical (unpaired) electrons. The van der Waals surface area contributed by atoms with Gasteiger partial charge in [0.05, 0.1) is 11.6 Å². The van der Waals surface area contributed by atoms with Crippen molar-refractivity contribution in [3.8, 4) is 18.4 Å². The van der Waals surface area contributed by atoms with Crippen molar-refractivity contribution in [3.05, 3.63) is 29.8 Å². The topological polar surface area (TPSA) is 30.3 Å². The number of nitrogens with zero attached hydrogens (tertiary/aromatic N) is 3. The lowest BCUT2D eigenvalue weighted by molar-refractivity contribution is 0.186. The zero-order valence-corrected chi connectivity index (χ0v) is 12.3. The Bertz CT molecular complexity index is 556. The van der Waals surface area contributed by atoms with Gasteiger partial charge >= 0.3 is 0 Å². The minimum atomic E-state index is 0.492. The van der Waals surface area contributed by atoms with E-state index in [1.54, 1.807) is 0 Å². The minimum Gasteiger partial charge on any atom is -0.369 e. The summed E-state index contributed by atoms with van der Waals surface area (Å²) in [5, 5.41) is 8.85. The maximum absolute atomic E-state index is 8.85. The van der Waals surface area contributed by atoms with Crippen LogP contribution in [0.4, 0.5) is 5.69 Å². The predicted molar refractivity (Wildman–Crippen MR) is 84.9 cm³/mol. The van der Waals surface area contributed by atoms with Crippen molar-refractivity contribution in [1.82, 2.24) is 4.90 Å². The number of rotatable bonds is 2. The quantitative estimate of drug-likeness (QED) is 0.779. The first-order valence-electron chi connectivity index (χ1n) is 7.75. The van der Waals surface area contributed by atoms with E-state index in [9.17, 15) is 0 Å². The highest BCUT2D eigenvalue weighted by Crippen LogP contribution is 2.30. The lowest BCUT2D eigenvalue weighted by atomic mass is 10.1. The lowest BCUT2D eigenvalue weighted by Gasteiger charge is -2.39. The smallest absolute Gasteiger partial charge is 0.0991 e. The first-order chi connectivity index (χ1) is 10.3. The molecule has 1 saturated carbocycles. The highest BCUT2D eigenvalue weighted by atomic mass is 15.3. The molecule has 0 amide bonds. The van der Waals surface area contributed by atoms with Gasteiger partial charge in [0, 0.05) is 43.8 Å². The van der Waals surface area contributed by atoms with Crippen LogP contribution in [0.1, 0.15) is 24.8 Å². The molecule has 1 aliphatic carbocycles. The Kier molecular flexibility index (Phi) is 4.13. The number of hydrogen-bond acceptors (Lipinski definition) is 3. The Hall–Kier alpha value is -1.97. The largest absolute Gasteiger partial charge is 0.369 e. The van der Waals surface area contributed by atoms with Crippen LogP contribution in [0.5, 0.6) is 0 Å². The summed E-state index contributed by atoms with van der Waals surface area (Å²) >= 11 is 0. The number of nitriles is 1. The van der Waals surface area contributed by atoms with Gasteiger partial charge in [-0.25, -0.2) is 0 Å². The molecule has 1 heterocycles. The van der Waals surface area contributed by atoms with Crippen LogP contribution in [-0.2, 0) is 0 Å². The van der Waals surface area contributed by atoms with Crippen molar-refractivity contribution in [1.29, 1.82) is 5.26 Å². The molecule has 0 spiro atoms. The SMILES string of the molecule is C#C[C@@H]1CC[C@@H](N2CCN(c3ccc(C#N)cc3)CC2)C1. The maximum Gasteiger partial charge on any atom is 0.0991 e. The standard InChI is InChI=1S/C18H21N3/c1-2-15-3-8-18(13-15)21-11-9-20(10-12-21)17-6-4-16(14-19)5-7-17/h1,4-7,15,18H,3,8-13H2/t15-,18-/m1/s1. The van der Waals surface area contributed by atoms with Gasteiger partial charge in [-0.1, -0.05) is 0 Å². The van der Waals surface area contributed by atoms with Crippen LogP contribution in [0.3, 0.4) is 0 Å². The highest BCUT2D eigenvalue weighted by molar-refractivity contribution is 5.50. The molecule has 0 aromatic heterocycles. The third kappa shape index (κ3) is 3.04. The molecule has 3 rings (SSSR count). The third-order valence-electron chi connectivity index (χ3n) is 4.83. The summed E-state index contributed by atoms with van der Waals surface area (Å²) in [6, 6.07) is 10.8. The van der Waals surface area contributed by atoms with Gasteiger partial charge in [0.2, 0.25) is 0 Å². The molecular weight excluding hydrogens is 258 g/mol. The number of hydrogen-bond donors (Lipinski definition) is 0. The van der Waals surface area contributed by atoms with Crippen molar-refractivity contribution in [3.63, 3.8) is 0 Å². The van der Waals surface area contributed by atoms with Gasteiger partial charge in [-0.05, 0) is 43.5 Å². The molecule has 0 bridgehead atoms. The lowest BCUT2D eigenvalue weighted by Crippen LogP contribution is -2.49. The predicted octanol–water partition coefficient (Wildman–Crippen LogP) is 2.48. The van der Waals surface area contributed by atoms with E-state index < -0.39 is 0 Å². The van der Waals surface area contributed by atoms with E-state index in [0.717, 1.165) is 31.7 Å².